The quantitative estimate of drug-likeness (QED) is 0.847. The van der Waals surface area contributed by atoms with Crippen molar-refractivity contribution < 1.29 is 17.9 Å². The van der Waals surface area contributed by atoms with Gasteiger partial charge in [-0.2, -0.15) is 0 Å². The van der Waals surface area contributed by atoms with Crippen LogP contribution in [0, 0.1) is 6.92 Å². The normalized spacial score (nSPS) is 11.2. The van der Waals surface area contributed by atoms with Gasteiger partial charge in [0, 0.05) is 6.20 Å². The zero-order chi connectivity index (χ0) is 16.2. The van der Waals surface area contributed by atoms with Gasteiger partial charge in [-0.05, 0) is 36.8 Å². The van der Waals surface area contributed by atoms with Crippen molar-refractivity contribution >= 4 is 16.0 Å². The standard InChI is InChI=1S/C15H16N2O4S/c1-11-6-7-12(15(18)21-2)9-14(11)22(19,20)17-10-13-5-3-4-8-16-13/h3-9,17H,10H2,1-2H3. The number of carbonyl (C=O) groups excluding carboxylic acids is 1. The first kappa shape index (κ1) is 16.1. The molecule has 1 heterocycles. The predicted molar refractivity (Wildman–Crippen MR) is 80.8 cm³/mol. The number of aromatic nitrogens is 1. The van der Waals surface area contributed by atoms with Crippen molar-refractivity contribution in [2.45, 2.75) is 18.4 Å². The Morgan fingerprint density at radius 2 is 2.05 bits per heavy atom. The topological polar surface area (TPSA) is 85.4 Å². The number of rotatable bonds is 5. The van der Waals surface area contributed by atoms with Crippen molar-refractivity contribution in [3.05, 3.63) is 59.4 Å². The molecule has 0 spiro atoms. The van der Waals surface area contributed by atoms with Crippen molar-refractivity contribution in [3.8, 4) is 0 Å². The molecular weight excluding hydrogens is 304 g/mol. The summed E-state index contributed by atoms with van der Waals surface area (Å²) in [6.45, 7) is 1.74. The summed E-state index contributed by atoms with van der Waals surface area (Å²) < 4.78 is 31.9. The Kier molecular flexibility index (Phi) is 4.89. The molecule has 7 heteroatoms. The van der Waals surface area contributed by atoms with E-state index in [-0.39, 0.29) is 17.0 Å². The fraction of sp³-hybridized carbons (Fsp3) is 0.200. The number of nitrogens with zero attached hydrogens (tertiary/aromatic N) is 1. The molecule has 0 aliphatic rings. The molecule has 0 amide bonds. The van der Waals surface area contributed by atoms with Gasteiger partial charge in [0.1, 0.15) is 0 Å². The summed E-state index contributed by atoms with van der Waals surface area (Å²) >= 11 is 0. The maximum atomic E-state index is 12.4. The fourth-order valence-corrected chi connectivity index (χ4v) is 3.15. The van der Waals surface area contributed by atoms with Gasteiger partial charge < -0.3 is 4.74 Å². The van der Waals surface area contributed by atoms with Gasteiger partial charge in [0.25, 0.3) is 0 Å². The summed E-state index contributed by atoms with van der Waals surface area (Å²) in [5.41, 5.74) is 1.33. The number of methoxy groups -OCH3 is 1. The van der Waals surface area contributed by atoms with Crippen molar-refractivity contribution in [3.63, 3.8) is 0 Å². The van der Waals surface area contributed by atoms with Crippen molar-refractivity contribution in [2.75, 3.05) is 7.11 Å². The minimum atomic E-state index is -3.75. The molecule has 0 atom stereocenters. The lowest BCUT2D eigenvalue weighted by Crippen LogP contribution is -2.24. The van der Waals surface area contributed by atoms with Crippen molar-refractivity contribution in [2.24, 2.45) is 0 Å². The summed E-state index contributed by atoms with van der Waals surface area (Å²) in [4.78, 5) is 15.6. The molecule has 2 rings (SSSR count). The zero-order valence-corrected chi connectivity index (χ0v) is 13.1. The molecule has 1 aromatic carbocycles. The summed E-state index contributed by atoms with van der Waals surface area (Å²) in [6, 6.07) is 9.66. The highest BCUT2D eigenvalue weighted by atomic mass is 32.2. The largest absolute Gasteiger partial charge is 0.465 e. The summed E-state index contributed by atoms with van der Waals surface area (Å²) in [6.07, 6.45) is 1.59. The minimum absolute atomic E-state index is 0.0475. The van der Waals surface area contributed by atoms with Crippen LogP contribution < -0.4 is 4.72 Å². The smallest absolute Gasteiger partial charge is 0.337 e. The molecule has 22 heavy (non-hydrogen) atoms. The highest BCUT2D eigenvalue weighted by Gasteiger charge is 2.19. The van der Waals surface area contributed by atoms with Crippen LogP contribution in [0.3, 0.4) is 0 Å². The van der Waals surface area contributed by atoms with Crippen LogP contribution in [-0.2, 0) is 21.3 Å². The molecule has 2 aromatic rings. The Hall–Kier alpha value is -2.25. The lowest BCUT2D eigenvalue weighted by Gasteiger charge is -2.10. The first-order valence-electron chi connectivity index (χ1n) is 6.52. The predicted octanol–water partition coefficient (Wildman–Crippen LogP) is 1.66. The van der Waals surface area contributed by atoms with E-state index in [0.717, 1.165) is 0 Å². The highest BCUT2D eigenvalue weighted by molar-refractivity contribution is 7.89. The van der Waals surface area contributed by atoms with E-state index in [0.29, 0.717) is 11.3 Å². The average molecular weight is 320 g/mol. The molecule has 0 aliphatic heterocycles. The van der Waals surface area contributed by atoms with Gasteiger partial charge in [0.15, 0.2) is 0 Å². The van der Waals surface area contributed by atoms with E-state index in [4.69, 9.17) is 0 Å². The van der Waals surface area contributed by atoms with Crippen LogP contribution >= 0.6 is 0 Å². The Bertz CT molecular complexity index is 773. The molecule has 0 bridgehead atoms. The second-order valence-electron chi connectivity index (χ2n) is 4.62. The molecular formula is C15H16N2O4S. The Morgan fingerprint density at radius 3 is 2.68 bits per heavy atom. The number of hydrogen-bond acceptors (Lipinski definition) is 5. The van der Waals surface area contributed by atoms with Gasteiger partial charge in [-0.15, -0.1) is 0 Å². The molecule has 1 N–H and O–H groups in total. The van der Waals surface area contributed by atoms with Crippen LogP contribution in [0.4, 0.5) is 0 Å². The van der Waals surface area contributed by atoms with Gasteiger partial charge in [-0.1, -0.05) is 12.1 Å². The number of sulfonamides is 1. The fourth-order valence-electron chi connectivity index (χ4n) is 1.88. The van der Waals surface area contributed by atoms with E-state index >= 15 is 0 Å². The van der Waals surface area contributed by atoms with Crippen molar-refractivity contribution in [1.82, 2.24) is 9.71 Å². The number of pyridine rings is 1. The summed E-state index contributed by atoms with van der Waals surface area (Å²) in [5.74, 6) is -0.582. The SMILES string of the molecule is COC(=O)c1ccc(C)c(S(=O)(=O)NCc2ccccn2)c1. The summed E-state index contributed by atoms with van der Waals surface area (Å²) in [5, 5.41) is 0. The van der Waals surface area contributed by atoms with Gasteiger partial charge in [-0.3, -0.25) is 4.98 Å². The molecule has 6 nitrogen and oxygen atoms in total. The molecule has 0 saturated carbocycles. The number of nitrogens with one attached hydrogen (secondary N) is 1. The molecule has 116 valence electrons. The van der Waals surface area contributed by atoms with Crippen LogP contribution in [0.2, 0.25) is 0 Å². The third kappa shape index (κ3) is 3.69. The monoisotopic (exact) mass is 320 g/mol. The molecule has 0 fully saturated rings. The van der Waals surface area contributed by atoms with Crippen LogP contribution in [0.15, 0.2) is 47.5 Å². The van der Waals surface area contributed by atoms with E-state index in [1.54, 1.807) is 37.4 Å². The van der Waals surface area contributed by atoms with Crippen molar-refractivity contribution in [1.29, 1.82) is 0 Å². The Labute approximate surface area is 129 Å². The first-order chi connectivity index (χ1) is 10.4. The number of esters is 1. The molecule has 1 aromatic heterocycles. The Balaban J connectivity index is 2.27. The van der Waals surface area contributed by atoms with E-state index < -0.39 is 16.0 Å². The minimum Gasteiger partial charge on any atom is -0.465 e. The summed E-state index contributed by atoms with van der Waals surface area (Å²) in [7, 11) is -2.51. The first-order valence-corrected chi connectivity index (χ1v) is 8.01. The third-order valence-corrected chi connectivity index (χ3v) is 4.61. The lowest BCUT2D eigenvalue weighted by molar-refractivity contribution is 0.0600. The lowest BCUT2D eigenvalue weighted by atomic mass is 10.1. The molecule has 0 radical (unpaired) electrons. The molecule has 0 unspecified atom stereocenters. The van der Waals surface area contributed by atoms with E-state index in [9.17, 15) is 13.2 Å². The number of hydrogen-bond donors (Lipinski definition) is 1. The van der Waals surface area contributed by atoms with E-state index in [2.05, 4.69) is 14.4 Å². The number of carbonyl (C=O) groups is 1. The van der Waals surface area contributed by atoms with Gasteiger partial charge >= 0.3 is 5.97 Å². The number of benzene rings is 1. The van der Waals surface area contributed by atoms with Gasteiger partial charge in [-0.25, -0.2) is 17.9 Å². The maximum absolute atomic E-state index is 12.4. The highest BCUT2D eigenvalue weighted by Crippen LogP contribution is 2.18. The second-order valence-corrected chi connectivity index (χ2v) is 6.35. The third-order valence-electron chi connectivity index (χ3n) is 3.07. The number of aryl methyl sites for hydroxylation is 1. The van der Waals surface area contributed by atoms with E-state index in [1.165, 1.54) is 19.2 Å². The van der Waals surface area contributed by atoms with Crippen LogP contribution in [-0.4, -0.2) is 26.5 Å². The van der Waals surface area contributed by atoms with Crippen LogP contribution in [0.25, 0.3) is 0 Å². The Morgan fingerprint density at radius 1 is 1.27 bits per heavy atom. The van der Waals surface area contributed by atoms with Crippen LogP contribution in [0.1, 0.15) is 21.6 Å². The van der Waals surface area contributed by atoms with Gasteiger partial charge in [0.2, 0.25) is 10.0 Å². The van der Waals surface area contributed by atoms with Gasteiger partial charge in [0.05, 0.1) is 29.8 Å². The van der Waals surface area contributed by atoms with E-state index in [1.807, 2.05) is 0 Å². The second kappa shape index (κ2) is 6.67. The number of ether oxygens (including phenoxy) is 1. The molecule has 0 saturated heterocycles. The zero-order valence-electron chi connectivity index (χ0n) is 12.2. The molecule has 0 aliphatic carbocycles. The maximum Gasteiger partial charge on any atom is 0.337 e. The van der Waals surface area contributed by atoms with Crippen LogP contribution in [0.5, 0.6) is 0 Å². The average Bonchev–Trinajstić information content (AvgIpc) is 2.53.